The van der Waals surface area contributed by atoms with Crippen LogP contribution >= 0.6 is 0 Å². The largest absolute Gasteiger partial charge is 0.317 e. The predicted octanol–water partition coefficient (Wildman–Crippen LogP) is 1.26. The van der Waals surface area contributed by atoms with Gasteiger partial charge in [-0.2, -0.15) is 0 Å². The van der Waals surface area contributed by atoms with Gasteiger partial charge >= 0.3 is 0 Å². The van der Waals surface area contributed by atoms with Crippen molar-refractivity contribution in [2.24, 2.45) is 5.92 Å². The zero-order chi connectivity index (χ0) is 12.0. The molecule has 1 N–H and O–H groups in total. The van der Waals surface area contributed by atoms with E-state index in [9.17, 15) is 0 Å². The third-order valence-electron chi connectivity index (χ3n) is 3.87. The Morgan fingerprint density at radius 2 is 1.94 bits per heavy atom. The van der Waals surface area contributed by atoms with E-state index in [1.165, 1.54) is 45.4 Å². The molecular weight excluding hydrogens is 198 g/mol. The van der Waals surface area contributed by atoms with Gasteiger partial charge in [-0.1, -0.05) is 0 Å². The Hall–Kier alpha value is -0.120. The molecule has 96 valence electrons. The third-order valence-corrected chi connectivity index (χ3v) is 3.87. The summed E-state index contributed by atoms with van der Waals surface area (Å²) in [6.07, 6.45) is 4.03. The highest BCUT2D eigenvalue weighted by molar-refractivity contribution is 4.78. The number of hydrogen-bond donors (Lipinski definition) is 1. The summed E-state index contributed by atoms with van der Waals surface area (Å²) >= 11 is 0. The molecule has 0 saturated carbocycles. The summed E-state index contributed by atoms with van der Waals surface area (Å²) in [5.41, 5.74) is 0. The van der Waals surface area contributed by atoms with Gasteiger partial charge in [-0.25, -0.2) is 0 Å². The van der Waals surface area contributed by atoms with E-state index in [4.69, 9.17) is 0 Å². The van der Waals surface area contributed by atoms with E-state index in [0.717, 1.165) is 5.92 Å². The summed E-state index contributed by atoms with van der Waals surface area (Å²) in [5.74, 6) is 0.884. The predicted molar refractivity (Wildman–Crippen MR) is 70.9 cm³/mol. The van der Waals surface area contributed by atoms with Gasteiger partial charge in [-0.3, -0.25) is 0 Å². The molecule has 3 heteroatoms. The molecule has 1 aliphatic rings. The second-order valence-electron chi connectivity index (χ2n) is 5.41. The Balaban J connectivity index is 2.12. The second-order valence-corrected chi connectivity index (χ2v) is 5.41. The molecule has 0 aromatic carbocycles. The molecule has 0 spiro atoms. The van der Waals surface area contributed by atoms with Gasteiger partial charge in [0, 0.05) is 6.04 Å². The molecule has 0 bridgehead atoms. The first kappa shape index (κ1) is 13.9. The van der Waals surface area contributed by atoms with Crippen LogP contribution in [0.4, 0.5) is 0 Å². The van der Waals surface area contributed by atoms with E-state index in [1.54, 1.807) is 0 Å². The molecule has 1 rings (SSSR count). The van der Waals surface area contributed by atoms with Gasteiger partial charge in [0.05, 0.1) is 0 Å². The maximum absolute atomic E-state index is 3.38. The standard InChI is InChI=1S/C13H29N3/c1-12(14-2)13-6-10-16(11-7-13)9-5-8-15(3)4/h12-14H,5-11H2,1-4H3. The van der Waals surface area contributed by atoms with Crippen molar-refractivity contribution in [2.75, 3.05) is 47.3 Å². The fraction of sp³-hybridized carbons (Fsp3) is 1.00. The minimum absolute atomic E-state index is 0.684. The van der Waals surface area contributed by atoms with Crippen molar-refractivity contribution in [3.63, 3.8) is 0 Å². The molecule has 3 nitrogen and oxygen atoms in total. The molecule has 0 aromatic rings. The highest BCUT2D eigenvalue weighted by atomic mass is 15.1. The minimum Gasteiger partial charge on any atom is -0.317 e. The van der Waals surface area contributed by atoms with E-state index >= 15 is 0 Å². The lowest BCUT2D eigenvalue weighted by Crippen LogP contribution is -2.41. The van der Waals surface area contributed by atoms with Crippen molar-refractivity contribution >= 4 is 0 Å². The average Bonchev–Trinajstić information content (AvgIpc) is 2.28. The highest BCUT2D eigenvalue weighted by Gasteiger charge is 2.22. The smallest absolute Gasteiger partial charge is 0.00649 e. The molecule has 0 radical (unpaired) electrons. The fourth-order valence-electron chi connectivity index (χ4n) is 2.52. The topological polar surface area (TPSA) is 18.5 Å². The van der Waals surface area contributed by atoms with Crippen molar-refractivity contribution in [2.45, 2.75) is 32.2 Å². The van der Waals surface area contributed by atoms with Crippen LogP contribution in [-0.4, -0.2) is 63.2 Å². The number of rotatable bonds is 6. The first-order valence-corrected chi connectivity index (χ1v) is 6.68. The Morgan fingerprint density at radius 3 is 2.44 bits per heavy atom. The number of piperidine rings is 1. The lowest BCUT2D eigenvalue weighted by molar-refractivity contribution is 0.160. The summed E-state index contributed by atoms with van der Waals surface area (Å²) in [5, 5.41) is 3.38. The van der Waals surface area contributed by atoms with Gasteiger partial charge in [-0.05, 0) is 79.4 Å². The first-order chi connectivity index (χ1) is 7.63. The normalized spacial score (nSPS) is 21.6. The van der Waals surface area contributed by atoms with E-state index < -0.39 is 0 Å². The van der Waals surface area contributed by atoms with Crippen molar-refractivity contribution in [3.8, 4) is 0 Å². The van der Waals surface area contributed by atoms with Crippen LogP contribution in [0.2, 0.25) is 0 Å². The molecule has 1 atom stereocenters. The van der Waals surface area contributed by atoms with Crippen LogP contribution in [0.3, 0.4) is 0 Å². The molecule has 1 heterocycles. The fourth-order valence-corrected chi connectivity index (χ4v) is 2.52. The summed E-state index contributed by atoms with van der Waals surface area (Å²) in [6.45, 7) is 7.40. The lowest BCUT2D eigenvalue weighted by atomic mass is 9.90. The molecular formula is C13H29N3. The van der Waals surface area contributed by atoms with Gasteiger partial charge in [-0.15, -0.1) is 0 Å². The maximum Gasteiger partial charge on any atom is 0.00649 e. The van der Waals surface area contributed by atoms with Crippen molar-refractivity contribution in [1.29, 1.82) is 0 Å². The van der Waals surface area contributed by atoms with Gasteiger partial charge < -0.3 is 15.1 Å². The molecule has 1 fully saturated rings. The Bertz CT molecular complexity index is 174. The van der Waals surface area contributed by atoms with Gasteiger partial charge in [0.25, 0.3) is 0 Å². The van der Waals surface area contributed by atoms with Gasteiger partial charge in [0.15, 0.2) is 0 Å². The zero-order valence-corrected chi connectivity index (χ0v) is 11.5. The minimum atomic E-state index is 0.684. The first-order valence-electron chi connectivity index (χ1n) is 6.68. The molecule has 0 aromatic heterocycles. The van der Waals surface area contributed by atoms with Crippen LogP contribution in [0, 0.1) is 5.92 Å². The lowest BCUT2D eigenvalue weighted by Gasteiger charge is -2.34. The number of likely N-dealkylation sites (tertiary alicyclic amines) is 1. The average molecular weight is 227 g/mol. The zero-order valence-electron chi connectivity index (χ0n) is 11.5. The van der Waals surface area contributed by atoms with Crippen LogP contribution < -0.4 is 5.32 Å². The van der Waals surface area contributed by atoms with E-state index in [0.29, 0.717) is 6.04 Å². The molecule has 1 saturated heterocycles. The van der Waals surface area contributed by atoms with Crippen LogP contribution in [-0.2, 0) is 0 Å². The van der Waals surface area contributed by atoms with Crippen LogP contribution in [0.1, 0.15) is 26.2 Å². The Kier molecular flexibility index (Phi) is 6.32. The third kappa shape index (κ3) is 4.81. The van der Waals surface area contributed by atoms with E-state index in [1.807, 2.05) is 0 Å². The number of nitrogens with one attached hydrogen (secondary N) is 1. The maximum atomic E-state index is 3.38. The quantitative estimate of drug-likeness (QED) is 0.737. The molecule has 1 unspecified atom stereocenters. The van der Waals surface area contributed by atoms with Crippen LogP contribution in [0.5, 0.6) is 0 Å². The SMILES string of the molecule is CNC(C)C1CCN(CCCN(C)C)CC1. The molecule has 16 heavy (non-hydrogen) atoms. The number of hydrogen-bond acceptors (Lipinski definition) is 3. The van der Waals surface area contributed by atoms with Crippen LogP contribution in [0.15, 0.2) is 0 Å². The van der Waals surface area contributed by atoms with E-state index in [2.05, 4.69) is 43.2 Å². The summed E-state index contributed by atoms with van der Waals surface area (Å²) in [4.78, 5) is 4.90. The Labute approximate surface area is 101 Å². The van der Waals surface area contributed by atoms with Crippen molar-refractivity contribution in [1.82, 2.24) is 15.1 Å². The number of nitrogens with zero attached hydrogens (tertiary/aromatic N) is 2. The Morgan fingerprint density at radius 1 is 1.31 bits per heavy atom. The van der Waals surface area contributed by atoms with Crippen LogP contribution in [0.25, 0.3) is 0 Å². The summed E-state index contributed by atoms with van der Waals surface area (Å²) in [7, 11) is 6.38. The van der Waals surface area contributed by atoms with Gasteiger partial charge in [0.2, 0.25) is 0 Å². The van der Waals surface area contributed by atoms with Crippen molar-refractivity contribution in [3.05, 3.63) is 0 Å². The second kappa shape index (κ2) is 7.25. The highest BCUT2D eigenvalue weighted by Crippen LogP contribution is 2.20. The van der Waals surface area contributed by atoms with Crippen molar-refractivity contribution < 1.29 is 0 Å². The monoisotopic (exact) mass is 227 g/mol. The van der Waals surface area contributed by atoms with Gasteiger partial charge in [0.1, 0.15) is 0 Å². The molecule has 0 amide bonds. The summed E-state index contributed by atoms with van der Waals surface area (Å²) < 4.78 is 0. The summed E-state index contributed by atoms with van der Waals surface area (Å²) in [6, 6.07) is 0.684. The molecule has 0 aliphatic carbocycles. The molecule has 1 aliphatic heterocycles. The van der Waals surface area contributed by atoms with E-state index in [-0.39, 0.29) is 0 Å².